The molecule has 8 aromatic rings. The molecule has 0 unspecified atom stereocenters. The van der Waals surface area contributed by atoms with Crippen molar-refractivity contribution < 1.29 is 64.1 Å². The van der Waals surface area contributed by atoms with Crippen molar-refractivity contribution in [3.05, 3.63) is 192 Å². The van der Waals surface area contributed by atoms with Gasteiger partial charge in [-0.3, -0.25) is 9.59 Å². The van der Waals surface area contributed by atoms with Crippen molar-refractivity contribution in [2.75, 3.05) is 52.5 Å². The van der Waals surface area contributed by atoms with Gasteiger partial charge in [-0.1, -0.05) is 198 Å². The van der Waals surface area contributed by atoms with E-state index in [1.165, 1.54) is 65.3 Å². The first kappa shape index (κ1) is 63.0. The molecule has 79 heavy (non-hydrogen) atoms. The zero-order chi connectivity index (χ0) is 56.4. The molecule has 8 aromatic carbocycles. The van der Waals surface area contributed by atoms with E-state index in [1.54, 1.807) is 0 Å². The zero-order valence-electron chi connectivity index (χ0n) is 45.3. The van der Waals surface area contributed by atoms with Crippen LogP contribution in [0.4, 0.5) is 0 Å². The Balaban J connectivity index is 0.000000279. The van der Waals surface area contributed by atoms with Crippen LogP contribution in [0.15, 0.2) is 170 Å². The number of esters is 2. The number of carbonyl (C=O) groups is 6. The molecular formula is C64H72N2O13. The number of nitrogens with zero attached hydrogens (tertiary/aromatic N) is 2. The molecule has 0 bridgehead atoms. The normalized spacial score (nSPS) is 10.7. The number of aliphatic carboxylic acids is 4. The number of hydrogen-bond acceptors (Lipinski definition) is 10. The fraction of sp³-hybridized carbons (Fsp3) is 0.281. The first-order chi connectivity index (χ1) is 37.7. The Labute approximate surface area is 460 Å². The molecule has 8 rings (SSSR count). The summed E-state index contributed by atoms with van der Waals surface area (Å²) in [5.41, 5.74) is 4.77. The second-order valence-corrected chi connectivity index (χ2v) is 18.4. The number of rotatable bonds is 20. The van der Waals surface area contributed by atoms with Crippen LogP contribution in [0.5, 0.6) is 0 Å². The number of carbonyl (C=O) groups excluding carboxylic acids is 2. The van der Waals surface area contributed by atoms with Crippen LogP contribution in [0.1, 0.15) is 49.9 Å². The summed E-state index contributed by atoms with van der Waals surface area (Å²) < 4.78 is 11.7. The van der Waals surface area contributed by atoms with Crippen LogP contribution in [0.25, 0.3) is 43.1 Å². The molecule has 0 saturated heterocycles. The molecule has 0 amide bonds. The van der Waals surface area contributed by atoms with Crippen LogP contribution in [0.3, 0.4) is 0 Å². The Morgan fingerprint density at radius 1 is 0.354 bits per heavy atom. The first-order valence-electron chi connectivity index (χ1n) is 26.2. The third kappa shape index (κ3) is 19.5. The summed E-state index contributed by atoms with van der Waals surface area (Å²) in [6, 6.07) is 59.0. The topological polar surface area (TPSA) is 240 Å². The van der Waals surface area contributed by atoms with E-state index in [-0.39, 0.29) is 29.3 Å². The van der Waals surface area contributed by atoms with Crippen LogP contribution < -0.4 is 0 Å². The van der Waals surface area contributed by atoms with Gasteiger partial charge in [0, 0.05) is 13.1 Å². The minimum Gasteiger partial charge on any atom is -0.473 e. The standard InChI is InChI=1S/2C30H33NO2.2C2H2O4.H2O/c2*1-3-31(4-2)19-20-33-30(32)27(21-25-15-9-13-23-11-5-7-17-28(23)25)22-26-16-10-14-24-12-6-8-18-29(24)26;2*3-1(4)2(5)6;/h2*5-18,27H,3-4,19-22H2,1-2H3;2*(H,3,4)(H,5,6);1H2. The first-order valence-corrected chi connectivity index (χ1v) is 26.2. The fourth-order valence-corrected chi connectivity index (χ4v) is 9.29. The highest BCUT2D eigenvalue weighted by Gasteiger charge is 2.25. The maximum atomic E-state index is 13.3. The predicted octanol–water partition coefficient (Wildman–Crippen LogP) is 10.0. The third-order valence-electron chi connectivity index (χ3n) is 13.5. The van der Waals surface area contributed by atoms with Crippen LogP contribution in [0.2, 0.25) is 0 Å². The monoisotopic (exact) mass is 1080 g/mol. The summed E-state index contributed by atoms with van der Waals surface area (Å²) in [6.45, 7) is 14.8. The highest BCUT2D eigenvalue weighted by molar-refractivity contribution is 6.27. The highest BCUT2D eigenvalue weighted by Crippen LogP contribution is 2.29. The molecule has 0 saturated carbocycles. The molecule has 0 aliphatic rings. The van der Waals surface area contributed by atoms with Gasteiger partial charge < -0.3 is 45.2 Å². The van der Waals surface area contributed by atoms with E-state index in [9.17, 15) is 9.59 Å². The molecule has 6 N–H and O–H groups in total. The van der Waals surface area contributed by atoms with E-state index >= 15 is 0 Å². The summed E-state index contributed by atoms with van der Waals surface area (Å²) in [5, 5.41) is 39.2. The van der Waals surface area contributed by atoms with Crippen molar-refractivity contribution in [1.29, 1.82) is 0 Å². The smallest absolute Gasteiger partial charge is 0.414 e. The molecule has 416 valence electrons. The summed E-state index contributed by atoms with van der Waals surface area (Å²) >= 11 is 0. The lowest BCUT2D eigenvalue weighted by atomic mass is 9.88. The van der Waals surface area contributed by atoms with E-state index < -0.39 is 23.9 Å². The minimum atomic E-state index is -1.82. The van der Waals surface area contributed by atoms with Crippen molar-refractivity contribution in [1.82, 2.24) is 9.80 Å². The third-order valence-corrected chi connectivity index (χ3v) is 13.5. The summed E-state index contributed by atoms with van der Waals surface area (Å²) in [4.78, 5) is 67.6. The Morgan fingerprint density at radius 2 is 0.570 bits per heavy atom. The highest BCUT2D eigenvalue weighted by atomic mass is 16.5. The van der Waals surface area contributed by atoms with Gasteiger partial charge in [-0.05, 0) is 117 Å². The molecule has 0 heterocycles. The predicted molar refractivity (Wildman–Crippen MR) is 309 cm³/mol. The van der Waals surface area contributed by atoms with E-state index in [2.05, 4.69) is 207 Å². The molecule has 0 aliphatic carbocycles. The average Bonchev–Trinajstić information content (AvgIpc) is 3.50. The van der Waals surface area contributed by atoms with Crippen LogP contribution in [0, 0.1) is 11.8 Å². The van der Waals surface area contributed by atoms with Crippen molar-refractivity contribution in [3.8, 4) is 0 Å². The number of fused-ring (bicyclic) bond motifs is 4. The Morgan fingerprint density at radius 3 is 0.785 bits per heavy atom. The van der Waals surface area contributed by atoms with E-state index in [0.717, 1.165) is 39.3 Å². The SMILES string of the molecule is CCN(CC)CCOC(=O)C(Cc1cccc2ccccc12)Cc1cccc2ccccc12.CCN(CC)CCOC(=O)C(Cc1cccc2ccccc12)Cc1cccc2ccccc12.O.O=C(O)C(=O)O.O=C(O)C(=O)O. The molecule has 0 spiro atoms. The van der Waals surface area contributed by atoms with Crippen molar-refractivity contribution in [2.24, 2.45) is 11.8 Å². The fourth-order valence-electron chi connectivity index (χ4n) is 9.29. The second kappa shape index (κ2) is 32.9. The largest absolute Gasteiger partial charge is 0.473 e. The van der Waals surface area contributed by atoms with Gasteiger partial charge in [0.25, 0.3) is 0 Å². The minimum absolute atomic E-state index is 0. The number of carboxylic acids is 4. The lowest BCUT2D eigenvalue weighted by Crippen LogP contribution is -2.30. The van der Waals surface area contributed by atoms with Gasteiger partial charge in [-0.2, -0.15) is 0 Å². The average molecular weight is 1080 g/mol. The molecule has 0 atom stereocenters. The number of ether oxygens (including phenoxy) is 2. The number of carboxylic acid groups (broad SMARTS) is 4. The number of hydrogen-bond donors (Lipinski definition) is 4. The van der Waals surface area contributed by atoms with Crippen LogP contribution >= 0.6 is 0 Å². The summed E-state index contributed by atoms with van der Waals surface area (Å²) in [6.07, 6.45) is 2.65. The maximum Gasteiger partial charge on any atom is 0.414 e. The van der Waals surface area contributed by atoms with Gasteiger partial charge in [0.05, 0.1) is 11.8 Å². The lowest BCUT2D eigenvalue weighted by Gasteiger charge is -2.21. The van der Waals surface area contributed by atoms with Crippen molar-refractivity contribution >= 4 is 78.9 Å². The molecule has 0 aromatic heterocycles. The van der Waals surface area contributed by atoms with E-state index in [0.29, 0.717) is 38.9 Å². The second-order valence-electron chi connectivity index (χ2n) is 18.4. The Bertz CT molecular complexity index is 2840. The van der Waals surface area contributed by atoms with E-state index in [4.69, 9.17) is 49.1 Å². The Hall–Kier alpha value is -8.50. The van der Waals surface area contributed by atoms with Gasteiger partial charge in [-0.25, -0.2) is 19.2 Å². The van der Waals surface area contributed by atoms with Crippen molar-refractivity contribution in [2.45, 2.75) is 53.4 Å². The zero-order valence-corrected chi connectivity index (χ0v) is 45.3. The van der Waals surface area contributed by atoms with Crippen LogP contribution in [-0.4, -0.2) is 124 Å². The van der Waals surface area contributed by atoms with E-state index in [1.807, 2.05) is 0 Å². The lowest BCUT2D eigenvalue weighted by molar-refractivity contribution is -0.159. The number of likely N-dealkylation sites (N-methyl/N-ethyl adjacent to an activating group) is 2. The Kier molecular flexibility index (Phi) is 26.3. The molecular weight excluding hydrogens is 1000 g/mol. The van der Waals surface area contributed by atoms with Crippen molar-refractivity contribution in [3.63, 3.8) is 0 Å². The molecule has 0 radical (unpaired) electrons. The summed E-state index contributed by atoms with van der Waals surface area (Å²) in [5.74, 6) is -7.99. The summed E-state index contributed by atoms with van der Waals surface area (Å²) in [7, 11) is 0. The van der Waals surface area contributed by atoms with Gasteiger partial charge >= 0.3 is 35.8 Å². The van der Waals surface area contributed by atoms with Gasteiger partial charge in [0.15, 0.2) is 0 Å². The van der Waals surface area contributed by atoms with Gasteiger partial charge in [-0.15, -0.1) is 0 Å². The molecule has 0 aliphatic heterocycles. The quantitative estimate of drug-likeness (QED) is 0.0410. The maximum absolute atomic E-state index is 13.3. The molecule has 0 fully saturated rings. The molecule has 15 nitrogen and oxygen atoms in total. The number of benzene rings is 8. The van der Waals surface area contributed by atoms with Gasteiger partial charge in [0.1, 0.15) is 13.2 Å². The van der Waals surface area contributed by atoms with Gasteiger partial charge in [0.2, 0.25) is 0 Å². The molecule has 15 heteroatoms. The van der Waals surface area contributed by atoms with Crippen LogP contribution in [-0.2, 0) is 63.9 Å².